The molecule has 4 heteroatoms. The fourth-order valence-corrected chi connectivity index (χ4v) is 3.90. The van der Waals surface area contributed by atoms with Gasteiger partial charge in [-0.15, -0.1) is 0 Å². The summed E-state index contributed by atoms with van der Waals surface area (Å²) in [4.78, 5) is 14.9. The van der Waals surface area contributed by atoms with Crippen LogP contribution in [0.1, 0.15) is 51.9 Å². The van der Waals surface area contributed by atoms with Crippen molar-refractivity contribution < 1.29 is 9.53 Å². The molecular formula is C15H26N2O2. The summed E-state index contributed by atoms with van der Waals surface area (Å²) < 4.78 is 5.86. The van der Waals surface area contributed by atoms with Gasteiger partial charge in [-0.25, -0.2) is 0 Å². The summed E-state index contributed by atoms with van der Waals surface area (Å²) in [6.45, 7) is 3.68. The number of hydrogen-bond acceptors (Lipinski definition) is 3. The van der Waals surface area contributed by atoms with Gasteiger partial charge in [-0.05, 0) is 39.0 Å². The molecule has 0 spiro atoms. The summed E-state index contributed by atoms with van der Waals surface area (Å²) in [6, 6.07) is 0.865. The molecule has 3 rings (SSSR count). The fraction of sp³-hybridized carbons (Fsp3) is 0.933. The molecule has 1 saturated carbocycles. The molecule has 1 N–H and O–H groups in total. The lowest BCUT2D eigenvalue weighted by molar-refractivity contribution is -0.152. The molecule has 1 amide bonds. The van der Waals surface area contributed by atoms with E-state index in [0.29, 0.717) is 24.1 Å². The summed E-state index contributed by atoms with van der Waals surface area (Å²) in [5.74, 6) is 0.326. The van der Waals surface area contributed by atoms with E-state index in [4.69, 9.17) is 4.74 Å². The van der Waals surface area contributed by atoms with E-state index in [1.54, 1.807) is 0 Å². The van der Waals surface area contributed by atoms with E-state index in [2.05, 4.69) is 17.1 Å². The van der Waals surface area contributed by atoms with Gasteiger partial charge in [-0.1, -0.05) is 12.8 Å². The van der Waals surface area contributed by atoms with Crippen LogP contribution in [0.2, 0.25) is 0 Å². The average Bonchev–Trinajstić information content (AvgIpc) is 2.46. The van der Waals surface area contributed by atoms with Gasteiger partial charge >= 0.3 is 0 Å². The van der Waals surface area contributed by atoms with E-state index in [1.807, 2.05) is 0 Å². The Kier molecular flexibility index (Phi) is 4.08. The number of fused-ring (bicyclic) bond motifs is 1. The normalized spacial score (nSPS) is 39.7. The molecule has 2 aliphatic heterocycles. The third kappa shape index (κ3) is 2.79. The van der Waals surface area contributed by atoms with Gasteiger partial charge in [0.15, 0.2) is 0 Å². The zero-order valence-corrected chi connectivity index (χ0v) is 11.9. The first-order valence-electron chi connectivity index (χ1n) is 7.94. The molecule has 108 valence electrons. The van der Waals surface area contributed by atoms with Gasteiger partial charge in [-0.2, -0.15) is 0 Å². The minimum atomic E-state index is 0.0458. The lowest BCUT2D eigenvalue weighted by Crippen LogP contribution is -2.60. The number of ether oxygens (including phenoxy) is 1. The van der Waals surface area contributed by atoms with E-state index in [-0.39, 0.29) is 6.04 Å². The number of morpholine rings is 1. The van der Waals surface area contributed by atoms with Crippen LogP contribution < -0.4 is 5.32 Å². The first-order valence-corrected chi connectivity index (χ1v) is 7.94. The van der Waals surface area contributed by atoms with Gasteiger partial charge < -0.3 is 15.0 Å². The number of nitrogens with zero attached hydrogens (tertiary/aromatic N) is 1. The highest BCUT2D eigenvalue weighted by molar-refractivity contribution is 5.82. The number of amides is 1. The molecule has 0 radical (unpaired) electrons. The minimum absolute atomic E-state index is 0.0458. The van der Waals surface area contributed by atoms with Gasteiger partial charge in [0.2, 0.25) is 5.91 Å². The third-order valence-electron chi connectivity index (χ3n) is 4.93. The van der Waals surface area contributed by atoms with Gasteiger partial charge in [-0.3, -0.25) is 4.79 Å². The van der Waals surface area contributed by atoms with Crippen molar-refractivity contribution in [1.82, 2.24) is 10.2 Å². The summed E-state index contributed by atoms with van der Waals surface area (Å²) in [5, 5.41) is 3.48. The Hall–Kier alpha value is -0.610. The number of carbonyl (C=O) groups is 1. The van der Waals surface area contributed by atoms with Crippen LogP contribution in [0.4, 0.5) is 0 Å². The zero-order chi connectivity index (χ0) is 13.2. The van der Waals surface area contributed by atoms with Gasteiger partial charge in [0.25, 0.3) is 0 Å². The second-order valence-corrected chi connectivity index (χ2v) is 6.34. The Morgan fingerprint density at radius 3 is 2.84 bits per heavy atom. The highest BCUT2D eigenvalue weighted by Crippen LogP contribution is 2.29. The molecule has 4 atom stereocenters. The molecule has 3 aliphatic rings. The molecule has 3 fully saturated rings. The van der Waals surface area contributed by atoms with E-state index < -0.39 is 0 Å². The summed E-state index contributed by atoms with van der Waals surface area (Å²) in [6.07, 6.45) is 8.40. The van der Waals surface area contributed by atoms with Crippen molar-refractivity contribution in [2.24, 2.45) is 0 Å². The minimum Gasteiger partial charge on any atom is -0.374 e. The number of nitrogens with one attached hydrogen (secondary N) is 1. The molecule has 0 aromatic heterocycles. The predicted octanol–water partition coefficient (Wildman–Crippen LogP) is 1.69. The second-order valence-electron chi connectivity index (χ2n) is 6.34. The van der Waals surface area contributed by atoms with Crippen molar-refractivity contribution in [2.75, 3.05) is 13.2 Å². The van der Waals surface area contributed by atoms with Crippen LogP contribution in [0.25, 0.3) is 0 Å². The Balaban J connectivity index is 1.67. The van der Waals surface area contributed by atoms with Crippen molar-refractivity contribution in [3.05, 3.63) is 0 Å². The van der Waals surface area contributed by atoms with Crippen LogP contribution in [0.5, 0.6) is 0 Å². The van der Waals surface area contributed by atoms with Crippen LogP contribution in [0.15, 0.2) is 0 Å². The maximum Gasteiger partial charge on any atom is 0.240 e. The quantitative estimate of drug-likeness (QED) is 0.785. The summed E-state index contributed by atoms with van der Waals surface area (Å²) in [5.41, 5.74) is 0. The summed E-state index contributed by atoms with van der Waals surface area (Å²) >= 11 is 0. The molecule has 0 aromatic rings. The Bertz CT molecular complexity index is 332. The maximum atomic E-state index is 12.8. The van der Waals surface area contributed by atoms with Crippen LogP contribution in [-0.2, 0) is 9.53 Å². The Morgan fingerprint density at radius 1 is 1.16 bits per heavy atom. The Morgan fingerprint density at radius 2 is 2.00 bits per heavy atom. The van der Waals surface area contributed by atoms with E-state index in [9.17, 15) is 4.79 Å². The van der Waals surface area contributed by atoms with Crippen molar-refractivity contribution in [3.63, 3.8) is 0 Å². The zero-order valence-electron chi connectivity index (χ0n) is 11.9. The molecule has 4 unspecified atom stereocenters. The fourth-order valence-electron chi connectivity index (χ4n) is 3.90. The van der Waals surface area contributed by atoms with Crippen LogP contribution >= 0.6 is 0 Å². The lowest BCUT2D eigenvalue weighted by Gasteiger charge is -2.45. The molecule has 2 saturated heterocycles. The highest BCUT2D eigenvalue weighted by atomic mass is 16.5. The van der Waals surface area contributed by atoms with E-state index >= 15 is 0 Å². The first kappa shape index (κ1) is 13.4. The van der Waals surface area contributed by atoms with E-state index in [0.717, 1.165) is 32.4 Å². The lowest BCUT2D eigenvalue weighted by atomic mass is 9.89. The van der Waals surface area contributed by atoms with Crippen LogP contribution in [0.3, 0.4) is 0 Å². The van der Waals surface area contributed by atoms with Gasteiger partial charge in [0.05, 0.1) is 24.8 Å². The van der Waals surface area contributed by atoms with Gasteiger partial charge in [0, 0.05) is 12.6 Å². The average molecular weight is 266 g/mol. The van der Waals surface area contributed by atoms with Crippen LogP contribution in [-0.4, -0.2) is 48.2 Å². The molecule has 0 bridgehead atoms. The molecule has 2 heterocycles. The number of hydrogen-bond donors (Lipinski definition) is 1. The third-order valence-corrected chi connectivity index (χ3v) is 4.93. The highest BCUT2D eigenvalue weighted by Gasteiger charge is 2.39. The maximum absolute atomic E-state index is 12.8. The topological polar surface area (TPSA) is 41.6 Å². The van der Waals surface area contributed by atoms with Gasteiger partial charge in [0.1, 0.15) is 0 Å². The van der Waals surface area contributed by atoms with Crippen molar-refractivity contribution in [1.29, 1.82) is 0 Å². The Labute approximate surface area is 115 Å². The standard InChI is InChI=1S/C15H26N2O2/c1-11-5-4-6-12(16-11)15(18)17-9-10-19-14-8-3-2-7-13(14)17/h11-14,16H,2-10H2,1H3. The smallest absolute Gasteiger partial charge is 0.240 e. The largest absolute Gasteiger partial charge is 0.374 e. The number of carbonyl (C=O) groups excluding carboxylic acids is 1. The molecule has 4 nitrogen and oxygen atoms in total. The predicted molar refractivity (Wildman–Crippen MR) is 73.9 cm³/mol. The van der Waals surface area contributed by atoms with Crippen molar-refractivity contribution >= 4 is 5.91 Å². The number of rotatable bonds is 1. The van der Waals surface area contributed by atoms with Crippen LogP contribution in [0, 0.1) is 0 Å². The molecule has 19 heavy (non-hydrogen) atoms. The van der Waals surface area contributed by atoms with Crippen molar-refractivity contribution in [2.45, 2.75) is 76.1 Å². The van der Waals surface area contributed by atoms with Crippen molar-refractivity contribution in [3.8, 4) is 0 Å². The van der Waals surface area contributed by atoms with E-state index in [1.165, 1.54) is 25.7 Å². The molecular weight excluding hydrogens is 240 g/mol. The molecule has 0 aromatic carbocycles. The molecule has 1 aliphatic carbocycles. The number of piperidine rings is 1. The summed E-state index contributed by atoms with van der Waals surface area (Å²) in [7, 11) is 0. The monoisotopic (exact) mass is 266 g/mol. The second kappa shape index (κ2) is 5.80. The SMILES string of the molecule is CC1CCCC(C(=O)N2CCOC3CCCCC32)N1. The first-order chi connectivity index (χ1) is 9.25.